The van der Waals surface area contributed by atoms with Gasteiger partial charge in [-0.15, -0.1) is 0 Å². The molecular formula is C27H47N7O11S2. The SMILES string of the molecule is CC(C)C[C@H](NC(=O)[C@H](CC(=O)O)NC(=O)[C@H](CS)NC(=O)[C@H](C)N)C(=O)N[C@@H](CO)C(=O)N[C@H](C(=O)N[C@@H](CS)C(=O)O)C(C)C. The van der Waals surface area contributed by atoms with Crippen LogP contribution < -0.4 is 37.6 Å². The average molecular weight is 710 g/mol. The number of aliphatic carboxylic acids is 2. The molecule has 0 spiro atoms. The molecule has 0 saturated heterocycles. The lowest BCUT2D eigenvalue weighted by atomic mass is 10.0. The Morgan fingerprint density at radius 1 is 0.596 bits per heavy atom. The lowest BCUT2D eigenvalue weighted by Crippen LogP contribution is -2.61. The van der Waals surface area contributed by atoms with Crippen molar-refractivity contribution in [1.82, 2.24) is 31.9 Å². The lowest BCUT2D eigenvalue weighted by Gasteiger charge is -2.28. The second-order valence-corrected chi connectivity index (χ2v) is 12.2. The second kappa shape index (κ2) is 21.3. The highest BCUT2D eigenvalue weighted by Gasteiger charge is 2.34. The number of hydrogen-bond acceptors (Lipinski definition) is 12. The van der Waals surface area contributed by atoms with Crippen molar-refractivity contribution in [2.45, 2.75) is 89.8 Å². The van der Waals surface area contributed by atoms with Crippen LogP contribution in [0.15, 0.2) is 0 Å². The Morgan fingerprint density at radius 3 is 1.45 bits per heavy atom. The van der Waals surface area contributed by atoms with Crippen molar-refractivity contribution in [2.75, 3.05) is 18.1 Å². The van der Waals surface area contributed by atoms with E-state index >= 15 is 0 Å². The number of rotatable bonds is 21. The van der Waals surface area contributed by atoms with Gasteiger partial charge >= 0.3 is 11.9 Å². The van der Waals surface area contributed by atoms with Gasteiger partial charge < -0.3 is 53.0 Å². The number of nitrogens with two attached hydrogens (primary N) is 1. The molecule has 268 valence electrons. The number of aliphatic hydroxyl groups excluding tert-OH is 1. The van der Waals surface area contributed by atoms with Crippen LogP contribution >= 0.6 is 25.3 Å². The summed E-state index contributed by atoms with van der Waals surface area (Å²) in [5.41, 5.74) is 5.49. The van der Waals surface area contributed by atoms with E-state index in [2.05, 4.69) is 57.2 Å². The van der Waals surface area contributed by atoms with Crippen molar-refractivity contribution in [3.8, 4) is 0 Å². The molecule has 0 rings (SSSR count). The number of carboxylic acids is 2. The number of hydrogen-bond donors (Lipinski definition) is 12. The van der Waals surface area contributed by atoms with Crippen LogP contribution in [0.5, 0.6) is 0 Å². The third kappa shape index (κ3) is 15.7. The summed E-state index contributed by atoms with van der Waals surface area (Å²) < 4.78 is 0. The number of aliphatic hydroxyl groups is 1. The molecule has 0 aromatic heterocycles. The third-order valence-corrected chi connectivity index (χ3v) is 7.17. The van der Waals surface area contributed by atoms with Crippen molar-refractivity contribution >= 4 is 72.6 Å². The van der Waals surface area contributed by atoms with Crippen molar-refractivity contribution in [3.05, 3.63) is 0 Å². The Balaban J connectivity index is 5.90. The summed E-state index contributed by atoms with van der Waals surface area (Å²) >= 11 is 7.88. The topological polar surface area (TPSA) is 295 Å². The molecule has 0 aliphatic rings. The van der Waals surface area contributed by atoms with Crippen LogP contribution in [0.2, 0.25) is 0 Å². The molecule has 20 heteroatoms. The minimum absolute atomic E-state index is 0.0217. The zero-order valence-electron chi connectivity index (χ0n) is 26.8. The number of nitrogens with one attached hydrogen (secondary N) is 6. The Kier molecular flexibility index (Phi) is 19.7. The molecule has 0 aliphatic carbocycles. The highest BCUT2D eigenvalue weighted by molar-refractivity contribution is 7.80. The number of carboxylic acid groups (broad SMARTS) is 2. The van der Waals surface area contributed by atoms with Crippen LogP contribution in [0.4, 0.5) is 0 Å². The molecule has 0 heterocycles. The normalized spacial score (nSPS) is 15.6. The molecule has 7 atom stereocenters. The summed E-state index contributed by atoms with van der Waals surface area (Å²) in [4.78, 5) is 99.7. The van der Waals surface area contributed by atoms with E-state index in [9.17, 15) is 53.7 Å². The summed E-state index contributed by atoms with van der Waals surface area (Å²) in [6.45, 7) is 6.99. The molecule has 18 nitrogen and oxygen atoms in total. The van der Waals surface area contributed by atoms with E-state index in [-0.39, 0.29) is 23.8 Å². The van der Waals surface area contributed by atoms with Crippen LogP contribution in [0.1, 0.15) is 47.5 Å². The predicted octanol–water partition coefficient (Wildman–Crippen LogP) is -3.64. The fourth-order valence-corrected chi connectivity index (χ4v) is 4.34. The quantitative estimate of drug-likeness (QED) is 0.0514. The van der Waals surface area contributed by atoms with Gasteiger partial charge in [0.15, 0.2) is 0 Å². The number of carbonyl (C=O) groups excluding carboxylic acids is 6. The maximum absolute atomic E-state index is 13.3. The first-order valence-electron chi connectivity index (χ1n) is 14.6. The summed E-state index contributed by atoms with van der Waals surface area (Å²) in [6.07, 6.45) is -0.920. The van der Waals surface area contributed by atoms with Gasteiger partial charge in [0, 0.05) is 11.5 Å². The lowest BCUT2D eigenvalue weighted by molar-refractivity contribution is -0.142. The minimum Gasteiger partial charge on any atom is -0.481 e. The van der Waals surface area contributed by atoms with Crippen molar-refractivity contribution < 1.29 is 53.7 Å². The molecule has 11 N–H and O–H groups in total. The smallest absolute Gasteiger partial charge is 0.327 e. The summed E-state index contributed by atoms with van der Waals surface area (Å²) in [7, 11) is 0. The van der Waals surface area contributed by atoms with Crippen LogP contribution in [0, 0.1) is 11.8 Å². The number of amides is 6. The molecule has 0 aliphatic heterocycles. The van der Waals surface area contributed by atoms with Gasteiger partial charge in [0.25, 0.3) is 0 Å². The molecular weight excluding hydrogens is 662 g/mol. The van der Waals surface area contributed by atoms with Gasteiger partial charge in [0.05, 0.1) is 19.1 Å². The summed E-state index contributed by atoms with van der Waals surface area (Å²) in [5, 5.41) is 42.3. The van der Waals surface area contributed by atoms with E-state index in [4.69, 9.17) is 5.73 Å². The van der Waals surface area contributed by atoms with E-state index in [1.54, 1.807) is 27.7 Å². The van der Waals surface area contributed by atoms with E-state index in [1.807, 2.05) is 0 Å². The van der Waals surface area contributed by atoms with Crippen molar-refractivity contribution in [3.63, 3.8) is 0 Å². The summed E-state index contributed by atoms with van der Waals surface area (Å²) in [5.74, 6) is -9.54. The molecule has 6 amide bonds. The van der Waals surface area contributed by atoms with E-state index in [0.29, 0.717) is 0 Å². The van der Waals surface area contributed by atoms with Gasteiger partial charge in [-0.2, -0.15) is 25.3 Å². The van der Waals surface area contributed by atoms with Gasteiger partial charge in [-0.25, -0.2) is 4.79 Å². The first-order chi connectivity index (χ1) is 21.8. The monoisotopic (exact) mass is 709 g/mol. The molecule has 0 fully saturated rings. The highest BCUT2D eigenvalue weighted by Crippen LogP contribution is 2.08. The summed E-state index contributed by atoms with van der Waals surface area (Å²) in [6, 6.07) is -9.56. The zero-order chi connectivity index (χ0) is 36.6. The highest BCUT2D eigenvalue weighted by atomic mass is 32.1. The fraction of sp³-hybridized carbons (Fsp3) is 0.704. The van der Waals surface area contributed by atoms with E-state index in [1.165, 1.54) is 6.92 Å². The van der Waals surface area contributed by atoms with E-state index in [0.717, 1.165) is 0 Å². The fourth-order valence-electron chi connectivity index (χ4n) is 3.83. The maximum atomic E-state index is 13.3. The maximum Gasteiger partial charge on any atom is 0.327 e. The Hall–Kier alpha value is -3.62. The first-order valence-corrected chi connectivity index (χ1v) is 15.9. The van der Waals surface area contributed by atoms with Crippen LogP contribution in [-0.2, 0) is 38.4 Å². The van der Waals surface area contributed by atoms with Crippen molar-refractivity contribution in [2.24, 2.45) is 17.6 Å². The van der Waals surface area contributed by atoms with Crippen LogP contribution in [0.25, 0.3) is 0 Å². The number of carbonyl (C=O) groups is 8. The van der Waals surface area contributed by atoms with Gasteiger partial charge in [-0.3, -0.25) is 33.6 Å². The zero-order valence-corrected chi connectivity index (χ0v) is 28.6. The van der Waals surface area contributed by atoms with Gasteiger partial charge in [-0.1, -0.05) is 27.7 Å². The predicted molar refractivity (Wildman–Crippen MR) is 174 cm³/mol. The van der Waals surface area contributed by atoms with Gasteiger partial charge in [0.2, 0.25) is 35.4 Å². The minimum atomic E-state index is -1.70. The number of thiol groups is 2. The molecule has 0 radical (unpaired) electrons. The Bertz CT molecular complexity index is 1140. The second-order valence-electron chi connectivity index (χ2n) is 11.4. The standard InChI is InChI=1S/C27H47N7O11S2/c1-11(2)6-14(29-23(40)15(7-19(36)37)30-25(42)17(9-46)32-21(38)13(5)28)22(39)31-16(8-35)24(41)34-20(12(3)4)26(43)33-18(10-47)27(44)45/h11-18,20,35,46-47H,6-10,28H2,1-5H3,(H,29,40)(H,30,42)(H,31,39)(H,32,38)(H,33,43)(H,34,41)(H,36,37)(H,44,45)/t13-,14-,15-,16-,17-,18-,20-/m0/s1. The molecule has 0 aromatic rings. The Labute approximate surface area is 283 Å². The van der Waals surface area contributed by atoms with Gasteiger partial charge in [-0.05, 0) is 25.2 Å². The Morgan fingerprint density at radius 2 is 1.02 bits per heavy atom. The molecule has 0 unspecified atom stereocenters. The largest absolute Gasteiger partial charge is 0.481 e. The van der Waals surface area contributed by atoms with E-state index < -0.39 is 109 Å². The molecule has 0 saturated carbocycles. The molecule has 0 aromatic carbocycles. The molecule has 47 heavy (non-hydrogen) atoms. The van der Waals surface area contributed by atoms with Crippen LogP contribution in [-0.4, -0.2) is 123 Å². The van der Waals surface area contributed by atoms with Gasteiger partial charge in [0.1, 0.15) is 36.3 Å². The van der Waals surface area contributed by atoms with Crippen molar-refractivity contribution in [1.29, 1.82) is 0 Å². The molecule has 0 bridgehead atoms. The average Bonchev–Trinajstić information content (AvgIpc) is 2.97. The van der Waals surface area contributed by atoms with Crippen LogP contribution in [0.3, 0.4) is 0 Å². The first kappa shape index (κ1) is 43.4. The third-order valence-electron chi connectivity index (χ3n) is 6.44.